The lowest BCUT2D eigenvalue weighted by molar-refractivity contribution is 0.0971. The van der Waals surface area contributed by atoms with Gasteiger partial charge in [-0.2, -0.15) is 5.10 Å². The molecule has 0 spiro atoms. The number of nitrogens with zero attached hydrogens (tertiary/aromatic N) is 2. The van der Waals surface area contributed by atoms with Gasteiger partial charge < -0.3 is 10.4 Å². The van der Waals surface area contributed by atoms with Crippen molar-refractivity contribution in [3.63, 3.8) is 0 Å². The Morgan fingerprint density at radius 1 is 1.13 bits per heavy atom. The number of rotatable bonds is 9. The molecular formula is C24H28FN3O2. The van der Waals surface area contributed by atoms with Crippen LogP contribution >= 0.6 is 0 Å². The van der Waals surface area contributed by atoms with Crippen LogP contribution in [0.1, 0.15) is 52.3 Å². The van der Waals surface area contributed by atoms with E-state index < -0.39 is 6.10 Å². The molecule has 6 heteroatoms. The number of Topliss-reactive ketones (excluding diaryl/α,β-unsaturated/α-hetero) is 1. The molecule has 0 fully saturated rings. The summed E-state index contributed by atoms with van der Waals surface area (Å²) in [5.74, 6) is -0.258. The molecule has 0 radical (unpaired) electrons. The second kappa shape index (κ2) is 9.78. The monoisotopic (exact) mass is 409 g/mol. The number of hydrogen-bond donors (Lipinski definition) is 2. The van der Waals surface area contributed by atoms with Gasteiger partial charge in [-0.1, -0.05) is 42.5 Å². The van der Waals surface area contributed by atoms with Crippen molar-refractivity contribution < 1.29 is 14.3 Å². The summed E-state index contributed by atoms with van der Waals surface area (Å²) < 4.78 is 14.9. The quantitative estimate of drug-likeness (QED) is 0.525. The van der Waals surface area contributed by atoms with Gasteiger partial charge in [-0.25, -0.2) is 4.39 Å². The number of benzene rings is 2. The Morgan fingerprint density at radius 2 is 1.80 bits per heavy atom. The molecule has 0 aliphatic carbocycles. The van der Waals surface area contributed by atoms with Gasteiger partial charge in [0, 0.05) is 24.7 Å². The molecule has 30 heavy (non-hydrogen) atoms. The number of ketones is 1. The Kier molecular flexibility index (Phi) is 7.13. The molecule has 3 aromatic rings. The number of nitrogens with one attached hydrogen (secondary N) is 1. The average Bonchev–Trinajstić information content (AvgIpc) is 3.02. The van der Waals surface area contributed by atoms with Crippen molar-refractivity contribution in [2.45, 2.75) is 45.9 Å². The fourth-order valence-electron chi connectivity index (χ4n) is 3.61. The first-order chi connectivity index (χ1) is 14.4. The van der Waals surface area contributed by atoms with E-state index in [-0.39, 0.29) is 17.6 Å². The van der Waals surface area contributed by atoms with Crippen molar-refractivity contribution >= 4 is 5.78 Å². The Hall–Kier alpha value is -2.83. The van der Waals surface area contributed by atoms with Crippen LogP contribution in [0.4, 0.5) is 4.39 Å². The van der Waals surface area contributed by atoms with Crippen LogP contribution in [0, 0.1) is 19.7 Å². The maximum atomic E-state index is 13.1. The van der Waals surface area contributed by atoms with Gasteiger partial charge in [0.25, 0.3) is 0 Å². The van der Waals surface area contributed by atoms with Crippen molar-refractivity contribution in [2.75, 3.05) is 6.54 Å². The van der Waals surface area contributed by atoms with Crippen LogP contribution in [0.2, 0.25) is 0 Å². The van der Waals surface area contributed by atoms with Crippen molar-refractivity contribution in [2.24, 2.45) is 0 Å². The van der Waals surface area contributed by atoms with Crippen molar-refractivity contribution in [3.8, 4) is 0 Å². The molecule has 1 aromatic heterocycles. The largest absolute Gasteiger partial charge is 0.387 e. The lowest BCUT2D eigenvalue weighted by Gasteiger charge is -2.20. The second-order valence-corrected chi connectivity index (χ2v) is 7.60. The van der Waals surface area contributed by atoms with Gasteiger partial charge >= 0.3 is 0 Å². The number of carbonyl (C=O) groups excluding carboxylic acids is 1. The summed E-state index contributed by atoms with van der Waals surface area (Å²) in [5, 5.41) is 18.2. The molecule has 5 nitrogen and oxygen atoms in total. The fraction of sp³-hybridized carbons (Fsp3) is 0.333. The number of halogens is 1. The number of hydrogen-bond acceptors (Lipinski definition) is 4. The van der Waals surface area contributed by atoms with E-state index in [0.29, 0.717) is 30.8 Å². The van der Waals surface area contributed by atoms with E-state index in [1.807, 2.05) is 51.1 Å². The Bertz CT molecular complexity index is 984. The topological polar surface area (TPSA) is 67.2 Å². The van der Waals surface area contributed by atoms with Gasteiger partial charge in [0.15, 0.2) is 5.78 Å². The molecule has 2 atom stereocenters. The van der Waals surface area contributed by atoms with Gasteiger partial charge in [-0.05, 0) is 44.0 Å². The van der Waals surface area contributed by atoms with Gasteiger partial charge in [0.1, 0.15) is 5.82 Å². The molecule has 2 N–H and O–H groups in total. The number of aliphatic hydroxyl groups excluding tert-OH is 1. The molecule has 0 saturated carbocycles. The Morgan fingerprint density at radius 3 is 2.47 bits per heavy atom. The molecule has 0 aliphatic rings. The number of aryl methyl sites for hydroxylation is 1. The first kappa shape index (κ1) is 21.9. The summed E-state index contributed by atoms with van der Waals surface area (Å²) >= 11 is 0. The molecule has 0 aliphatic heterocycles. The van der Waals surface area contributed by atoms with Gasteiger partial charge in [0.05, 0.1) is 23.9 Å². The minimum atomic E-state index is -0.636. The van der Waals surface area contributed by atoms with Crippen LogP contribution in [-0.2, 0) is 6.54 Å². The Balaban J connectivity index is 1.59. The third kappa shape index (κ3) is 5.20. The smallest absolute Gasteiger partial charge is 0.167 e. The zero-order valence-electron chi connectivity index (χ0n) is 17.6. The van der Waals surface area contributed by atoms with Crippen molar-refractivity contribution in [3.05, 3.63) is 88.5 Å². The molecule has 158 valence electrons. The molecule has 0 saturated heterocycles. The van der Waals surface area contributed by atoms with Crippen molar-refractivity contribution in [1.82, 2.24) is 15.1 Å². The first-order valence-electron chi connectivity index (χ1n) is 10.1. The van der Waals surface area contributed by atoms with Crippen LogP contribution < -0.4 is 5.32 Å². The highest BCUT2D eigenvalue weighted by atomic mass is 19.1. The summed E-state index contributed by atoms with van der Waals surface area (Å²) in [6.07, 6.45) is -0.321. The molecule has 2 unspecified atom stereocenters. The molecule has 2 aromatic carbocycles. The molecule has 0 amide bonds. The van der Waals surface area contributed by atoms with Gasteiger partial charge in [0.2, 0.25) is 0 Å². The van der Waals surface area contributed by atoms with Crippen molar-refractivity contribution in [1.29, 1.82) is 0 Å². The van der Waals surface area contributed by atoms with E-state index in [1.165, 1.54) is 12.1 Å². The second-order valence-electron chi connectivity index (χ2n) is 7.60. The minimum Gasteiger partial charge on any atom is -0.387 e. The highest BCUT2D eigenvalue weighted by Gasteiger charge is 2.20. The lowest BCUT2D eigenvalue weighted by atomic mass is 10.0. The maximum absolute atomic E-state index is 13.1. The zero-order valence-corrected chi connectivity index (χ0v) is 17.6. The standard InChI is InChI=1S/C24H28FN3O2/c1-16-23(18(3)28(27-16)15-19-9-11-21(25)12-10-19)22(29)13-14-26-17(2)24(30)20-7-5-4-6-8-20/h4-12,17,24,26,30H,13-15H2,1-3H3. The summed E-state index contributed by atoms with van der Waals surface area (Å²) in [6.45, 7) is 6.56. The summed E-state index contributed by atoms with van der Waals surface area (Å²) in [4.78, 5) is 12.8. The van der Waals surface area contributed by atoms with Crippen LogP contribution in [0.15, 0.2) is 54.6 Å². The predicted octanol–water partition coefficient (Wildman–Crippen LogP) is 3.97. The molecule has 1 heterocycles. The minimum absolute atomic E-state index is 0.0178. The average molecular weight is 410 g/mol. The van der Waals surface area contributed by atoms with E-state index in [9.17, 15) is 14.3 Å². The fourth-order valence-corrected chi connectivity index (χ4v) is 3.61. The third-order valence-corrected chi connectivity index (χ3v) is 5.34. The van der Waals surface area contributed by atoms with E-state index in [2.05, 4.69) is 10.4 Å². The van der Waals surface area contributed by atoms with Crippen LogP contribution in [0.5, 0.6) is 0 Å². The first-order valence-corrected chi connectivity index (χ1v) is 10.1. The van der Waals surface area contributed by atoms with E-state index in [0.717, 1.165) is 16.8 Å². The number of aliphatic hydroxyl groups is 1. The summed E-state index contributed by atoms with van der Waals surface area (Å²) in [5.41, 5.74) is 3.90. The highest BCUT2D eigenvalue weighted by Crippen LogP contribution is 2.18. The lowest BCUT2D eigenvalue weighted by Crippen LogP contribution is -2.33. The number of carbonyl (C=O) groups is 1. The Labute approximate surface area is 176 Å². The molecule has 0 bridgehead atoms. The SMILES string of the molecule is Cc1nn(Cc2ccc(F)cc2)c(C)c1C(=O)CCNC(C)C(O)c1ccccc1. The zero-order chi connectivity index (χ0) is 21.7. The number of aromatic nitrogens is 2. The van der Waals surface area contributed by atoms with E-state index in [4.69, 9.17) is 0 Å². The normalized spacial score (nSPS) is 13.2. The van der Waals surface area contributed by atoms with Gasteiger partial charge in [-0.3, -0.25) is 9.48 Å². The molecule has 3 rings (SSSR count). The van der Waals surface area contributed by atoms with E-state index >= 15 is 0 Å². The summed E-state index contributed by atoms with van der Waals surface area (Å²) in [7, 11) is 0. The maximum Gasteiger partial charge on any atom is 0.167 e. The third-order valence-electron chi connectivity index (χ3n) is 5.34. The van der Waals surface area contributed by atoms with E-state index in [1.54, 1.807) is 16.8 Å². The predicted molar refractivity (Wildman–Crippen MR) is 115 cm³/mol. The van der Waals surface area contributed by atoms with Gasteiger partial charge in [-0.15, -0.1) is 0 Å². The molecular weight excluding hydrogens is 381 g/mol. The highest BCUT2D eigenvalue weighted by molar-refractivity contribution is 5.98. The van der Waals surface area contributed by atoms with Crippen LogP contribution in [-0.4, -0.2) is 33.3 Å². The van der Waals surface area contributed by atoms with Crippen LogP contribution in [0.3, 0.4) is 0 Å². The summed E-state index contributed by atoms with van der Waals surface area (Å²) in [6, 6.07) is 15.6. The van der Waals surface area contributed by atoms with Crippen LogP contribution in [0.25, 0.3) is 0 Å².